The van der Waals surface area contributed by atoms with Gasteiger partial charge in [0.05, 0.1) is 5.71 Å². The van der Waals surface area contributed by atoms with Crippen molar-refractivity contribution in [2.75, 3.05) is 0 Å². The van der Waals surface area contributed by atoms with Crippen LogP contribution in [-0.4, -0.2) is 10.9 Å². The molecule has 1 aliphatic carbocycles. The molecule has 108 valence electrons. The summed E-state index contributed by atoms with van der Waals surface area (Å²) in [4.78, 5) is 0. The van der Waals surface area contributed by atoms with Crippen LogP contribution < -0.4 is 4.74 Å². The number of nitrogens with zero attached hydrogens (tertiary/aromatic N) is 1. The van der Waals surface area contributed by atoms with E-state index in [1.54, 1.807) is 0 Å². The monoisotopic (exact) mass is 345 g/mol. The number of hydrogen-bond donors (Lipinski definition) is 1. The van der Waals surface area contributed by atoms with Crippen LogP contribution in [0.15, 0.2) is 52.1 Å². The van der Waals surface area contributed by atoms with E-state index in [0.29, 0.717) is 6.61 Å². The van der Waals surface area contributed by atoms with Crippen LogP contribution in [0.3, 0.4) is 0 Å². The Morgan fingerprint density at radius 3 is 2.81 bits per heavy atom. The summed E-state index contributed by atoms with van der Waals surface area (Å²) >= 11 is 3.47. The smallest absolute Gasteiger partial charge is 0.123 e. The van der Waals surface area contributed by atoms with Crippen LogP contribution in [0.2, 0.25) is 0 Å². The normalized spacial score (nSPS) is 15.8. The Kier molecular flexibility index (Phi) is 4.25. The van der Waals surface area contributed by atoms with Crippen LogP contribution in [-0.2, 0) is 13.0 Å². The van der Waals surface area contributed by atoms with Crippen molar-refractivity contribution in [3.05, 3.63) is 63.6 Å². The first kappa shape index (κ1) is 14.1. The van der Waals surface area contributed by atoms with Gasteiger partial charge in [-0.25, -0.2) is 0 Å². The zero-order valence-electron chi connectivity index (χ0n) is 11.6. The van der Waals surface area contributed by atoms with E-state index >= 15 is 0 Å². The van der Waals surface area contributed by atoms with Crippen LogP contribution in [0, 0.1) is 0 Å². The van der Waals surface area contributed by atoms with Crippen molar-refractivity contribution in [2.45, 2.75) is 25.9 Å². The molecule has 0 fully saturated rings. The molecule has 0 spiro atoms. The summed E-state index contributed by atoms with van der Waals surface area (Å²) in [6.45, 7) is 0.529. The van der Waals surface area contributed by atoms with Gasteiger partial charge in [0.15, 0.2) is 0 Å². The third-order valence-electron chi connectivity index (χ3n) is 3.69. The highest BCUT2D eigenvalue weighted by Gasteiger charge is 2.19. The number of benzene rings is 2. The Balaban J connectivity index is 1.83. The van der Waals surface area contributed by atoms with Crippen molar-refractivity contribution in [1.82, 2.24) is 0 Å². The van der Waals surface area contributed by atoms with Gasteiger partial charge < -0.3 is 9.94 Å². The van der Waals surface area contributed by atoms with Crippen LogP contribution in [0.25, 0.3) is 0 Å². The molecule has 0 aliphatic heterocycles. The Morgan fingerprint density at radius 2 is 2.00 bits per heavy atom. The average molecular weight is 346 g/mol. The van der Waals surface area contributed by atoms with Gasteiger partial charge >= 0.3 is 0 Å². The highest BCUT2D eigenvalue weighted by atomic mass is 79.9. The minimum atomic E-state index is 0.529. The van der Waals surface area contributed by atoms with E-state index in [4.69, 9.17) is 9.94 Å². The van der Waals surface area contributed by atoms with Gasteiger partial charge in [-0.2, -0.15) is 0 Å². The maximum Gasteiger partial charge on any atom is 0.123 e. The van der Waals surface area contributed by atoms with Gasteiger partial charge in [0.1, 0.15) is 12.4 Å². The lowest BCUT2D eigenvalue weighted by atomic mass is 9.89. The Labute approximate surface area is 132 Å². The van der Waals surface area contributed by atoms with E-state index in [9.17, 15) is 0 Å². The van der Waals surface area contributed by atoms with Crippen molar-refractivity contribution < 1.29 is 9.94 Å². The lowest BCUT2D eigenvalue weighted by Crippen LogP contribution is -2.13. The van der Waals surface area contributed by atoms with Gasteiger partial charge in [-0.15, -0.1) is 0 Å². The molecule has 2 aromatic carbocycles. The summed E-state index contributed by atoms with van der Waals surface area (Å²) in [6, 6.07) is 14.0. The summed E-state index contributed by atoms with van der Waals surface area (Å²) in [5, 5.41) is 12.5. The molecule has 0 saturated carbocycles. The Morgan fingerprint density at radius 1 is 1.14 bits per heavy atom. The van der Waals surface area contributed by atoms with Gasteiger partial charge in [0.2, 0.25) is 0 Å². The van der Waals surface area contributed by atoms with E-state index in [1.165, 1.54) is 0 Å². The molecule has 3 nitrogen and oxygen atoms in total. The first-order chi connectivity index (χ1) is 10.3. The predicted molar refractivity (Wildman–Crippen MR) is 86.2 cm³/mol. The largest absolute Gasteiger partial charge is 0.489 e. The van der Waals surface area contributed by atoms with Crippen LogP contribution >= 0.6 is 15.9 Å². The molecular weight excluding hydrogens is 330 g/mol. The van der Waals surface area contributed by atoms with Gasteiger partial charge in [-0.1, -0.05) is 45.4 Å². The van der Waals surface area contributed by atoms with Crippen molar-refractivity contribution in [3.63, 3.8) is 0 Å². The maximum absolute atomic E-state index is 9.11. The molecule has 3 rings (SSSR count). The minimum Gasteiger partial charge on any atom is -0.489 e. The molecule has 0 bridgehead atoms. The van der Waals surface area contributed by atoms with E-state index in [2.05, 4.69) is 27.2 Å². The Bertz CT molecular complexity index is 682. The number of ether oxygens (including phenoxy) is 1. The second kappa shape index (κ2) is 6.31. The van der Waals surface area contributed by atoms with Crippen molar-refractivity contribution >= 4 is 21.6 Å². The molecule has 0 saturated heterocycles. The lowest BCUT2D eigenvalue weighted by Gasteiger charge is -2.20. The van der Waals surface area contributed by atoms with E-state index < -0.39 is 0 Å². The number of hydrogen-bond acceptors (Lipinski definition) is 3. The van der Waals surface area contributed by atoms with Crippen LogP contribution in [0.5, 0.6) is 5.75 Å². The fourth-order valence-electron chi connectivity index (χ4n) is 2.69. The van der Waals surface area contributed by atoms with E-state index in [1.807, 2.05) is 36.4 Å². The SMILES string of the molecule is ON=C1CCCc2c(OCc3cccc(Br)c3)cccc21. The number of fused-ring (bicyclic) bond motifs is 1. The standard InChI is InChI=1S/C17H16BrNO2/c18-13-5-1-4-12(10-13)11-21-17-9-3-6-14-15(17)7-2-8-16(14)19-20/h1,3-6,9-10,20H,2,7-8,11H2. The fourth-order valence-corrected chi connectivity index (χ4v) is 3.13. The summed E-state index contributed by atoms with van der Waals surface area (Å²) in [5.41, 5.74) is 4.03. The summed E-state index contributed by atoms with van der Waals surface area (Å²) in [6.07, 6.45) is 2.77. The number of oxime groups is 1. The molecule has 0 heterocycles. The minimum absolute atomic E-state index is 0.529. The molecule has 1 aliphatic rings. The molecule has 4 heteroatoms. The van der Waals surface area contributed by atoms with E-state index in [-0.39, 0.29) is 0 Å². The van der Waals surface area contributed by atoms with Crippen molar-refractivity contribution in [1.29, 1.82) is 0 Å². The first-order valence-electron chi connectivity index (χ1n) is 6.98. The topological polar surface area (TPSA) is 41.8 Å². The summed E-state index contributed by atoms with van der Waals surface area (Å²) in [7, 11) is 0. The van der Waals surface area contributed by atoms with Gasteiger partial charge in [0.25, 0.3) is 0 Å². The molecule has 1 N–H and O–H groups in total. The molecule has 2 aromatic rings. The third-order valence-corrected chi connectivity index (χ3v) is 4.18. The number of rotatable bonds is 3. The fraction of sp³-hybridized carbons (Fsp3) is 0.235. The molecule has 0 atom stereocenters. The molecule has 21 heavy (non-hydrogen) atoms. The molecule has 0 aromatic heterocycles. The van der Waals surface area contributed by atoms with Gasteiger partial charge in [-0.05, 0) is 43.0 Å². The third kappa shape index (κ3) is 3.10. The molecule has 0 radical (unpaired) electrons. The van der Waals surface area contributed by atoms with Crippen molar-refractivity contribution in [3.8, 4) is 5.75 Å². The zero-order chi connectivity index (χ0) is 14.7. The second-order valence-corrected chi connectivity index (χ2v) is 6.02. The highest BCUT2D eigenvalue weighted by molar-refractivity contribution is 9.10. The summed E-state index contributed by atoms with van der Waals surface area (Å²) < 4.78 is 7.03. The zero-order valence-corrected chi connectivity index (χ0v) is 13.1. The van der Waals surface area contributed by atoms with Crippen LogP contribution in [0.1, 0.15) is 29.5 Å². The molecule has 0 amide bonds. The van der Waals surface area contributed by atoms with E-state index in [0.717, 1.165) is 51.9 Å². The second-order valence-electron chi connectivity index (χ2n) is 5.10. The van der Waals surface area contributed by atoms with Crippen molar-refractivity contribution in [2.24, 2.45) is 5.16 Å². The predicted octanol–water partition coefficient (Wildman–Crippen LogP) is 4.54. The maximum atomic E-state index is 9.11. The lowest BCUT2D eigenvalue weighted by molar-refractivity contribution is 0.301. The van der Waals surface area contributed by atoms with Gasteiger partial charge in [0, 0.05) is 15.6 Å². The van der Waals surface area contributed by atoms with Gasteiger partial charge in [-0.3, -0.25) is 0 Å². The summed E-state index contributed by atoms with van der Waals surface area (Å²) in [5.74, 6) is 0.883. The van der Waals surface area contributed by atoms with Crippen LogP contribution in [0.4, 0.5) is 0 Å². The average Bonchev–Trinajstić information content (AvgIpc) is 2.52. The highest BCUT2D eigenvalue weighted by Crippen LogP contribution is 2.30. The molecule has 0 unspecified atom stereocenters. The Hall–Kier alpha value is -1.81. The molecular formula is C17H16BrNO2. The number of halogens is 1. The quantitative estimate of drug-likeness (QED) is 0.655. The first-order valence-corrected chi connectivity index (χ1v) is 7.77.